The number of hydrogen-bond donors (Lipinski definition) is 5. The Labute approximate surface area is 153 Å². The van der Waals surface area contributed by atoms with E-state index in [0.717, 1.165) is 0 Å². The number of H-pyrrole nitrogens is 2. The van der Waals surface area contributed by atoms with Gasteiger partial charge in [0.05, 0.1) is 0 Å². The fraction of sp³-hybridized carbons (Fsp3) is 0.333. The largest absolute Gasteiger partial charge is 0.501 e. The first-order chi connectivity index (χ1) is 12.9. The Balaban J connectivity index is 1.54. The van der Waals surface area contributed by atoms with Crippen LogP contribution in [-0.2, 0) is 0 Å². The minimum absolute atomic E-state index is 0.0126. The van der Waals surface area contributed by atoms with Gasteiger partial charge in [-0.3, -0.25) is 24.4 Å². The predicted octanol–water partition coefficient (Wildman–Crippen LogP) is 0.240. The molecule has 9 heteroatoms. The van der Waals surface area contributed by atoms with Gasteiger partial charge < -0.3 is 15.7 Å². The van der Waals surface area contributed by atoms with Crippen LogP contribution in [0.2, 0.25) is 0 Å². The molecule has 2 amide bonds. The summed E-state index contributed by atoms with van der Waals surface area (Å²) in [7, 11) is 0. The van der Waals surface area contributed by atoms with Gasteiger partial charge in [0.15, 0.2) is 5.69 Å². The number of carbonyl (C=O) groups excluding carboxylic acids is 2. The van der Waals surface area contributed by atoms with Crippen molar-refractivity contribution >= 4 is 11.8 Å². The summed E-state index contributed by atoms with van der Waals surface area (Å²) in [6, 6.07) is 8.77. The van der Waals surface area contributed by atoms with E-state index >= 15 is 0 Å². The second-order valence-electron chi connectivity index (χ2n) is 6.49. The fourth-order valence-corrected chi connectivity index (χ4v) is 3.14. The lowest BCUT2D eigenvalue weighted by atomic mass is 9.91. The van der Waals surface area contributed by atoms with Crippen LogP contribution in [0.5, 0.6) is 5.75 Å². The van der Waals surface area contributed by atoms with Gasteiger partial charge in [0.2, 0.25) is 5.75 Å². The normalized spacial score (nSPS) is 19.3. The van der Waals surface area contributed by atoms with Crippen molar-refractivity contribution in [2.75, 3.05) is 0 Å². The first-order valence-electron chi connectivity index (χ1n) is 8.66. The van der Waals surface area contributed by atoms with E-state index in [0.29, 0.717) is 31.2 Å². The molecule has 0 unspecified atom stereocenters. The molecule has 1 aromatic heterocycles. The van der Waals surface area contributed by atoms with E-state index in [1.807, 2.05) is 11.1 Å². The summed E-state index contributed by atoms with van der Waals surface area (Å²) in [6.45, 7) is 0. The quantitative estimate of drug-likeness (QED) is 0.522. The van der Waals surface area contributed by atoms with Gasteiger partial charge >= 0.3 is 5.69 Å². The van der Waals surface area contributed by atoms with Crippen molar-refractivity contribution < 1.29 is 14.7 Å². The van der Waals surface area contributed by atoms with Gasteiger partial charge in [0.25, 0.3) is 17.4 Å². The molecule has 0 spiro atoms. The smallest absolute Gasteiger partial charge is 0.326 e. The molecule has 0 bridgehead atoms. The molecule has 1 aliphatic carbocycles. The van der Waals surface area contributed by atoms with E-state index in [4.69, 9.17) is 0 Å². The molecule has 27 heavy (non-hydrogen) atoms. The molecule has 0 saturated heterocycles. The summed E-state index contributed by atoms with van der Waals surface area (Å²) in [6.07, 6.45) is 2.61. The van der Waals surface area contributed by atoms with Crippen LogP contribution in [0, 0.1) is 0 Å². The van der Waals surface area contributed by atoms with Gasteiger partial charge in [-0.15, -0.1) is 0 Å². The van der Waals surface area contributed by atoms with Gasteiger partial charge in [-0.2, -0.15) is 0 Å². The maximum absolute atomic E-state index is 12.2. The highest BCUT2D eigenvalue weighted by molar-refractivity contribution is 5.95. The fourth-order valence-electron chi connectivity index (χ4n) is 3.14. The number of benzene rings is 1. The molecule has 1 saturated carbocycles. The number of aromatic amines is 2. The minimum Gasteiger partial charge on any atom is -0.501 e. The van der Waals surface area contributed by atoms with Crippen molar-refractivity contribution in [2.45, 2.75) is 37.8 Å². The van der Waals surface area contributed by atoms with Gasteiger partial charge in [0.1, 0.15) is 0 Å². The molecule has 2 aromatic rings. The monoisotopic (exact) mass is 372 g/mol. The van der Waals surface area contributed by atoms with E-state index < -0.39 is 28.6 Å². The zero-order valence-electron chi connectivity index (χ0n) is 14.5. The number of aromatic nitrogens is 2. The van der Waals surface area contributed by atoms with E-state index in [9.17, 15) is 24.3 Å². The summed E-state index contributed by atoms with van der Waals surface area (Å²) in [5.74, 6) is -1.67. The minimum atomic E-state index is -1.02. The van der Waals surface area contributed by atoms with Crippen molar-refractivity contribution in [3.05, 3.63) is 62.4 Å². The molecule has 9 nitrogen and oxygen atoms in total. The number of aromatic hydroxyl groups is 1. The first-order valence-corrected chi connectivity index (χ1v) is 8.66. The van der Waals surface area contributed by atoms with E-state index in [1.165, 1.54) is 0 Å². The second-order valence-corrected chi connectivity index (χ2v) is 6.49. The van der Waals surface area contributed by atoms with Crippen molar-refractivity contribution in [1.82, 2.24) is 20.6 Å². The number of hydrogen-bond acceptors (Lipinski definition) is 5. The number of carbonyl (C=O) groups is 2. The Hall–Kier alpha value is -3.36. The summed E-state index contributed by atoms with van der Waals surface area (Å²) < 4.78 is 0. The Morgan fingerprint density at radius 1 is 0.889 bits per heavy atom. The molecule has 1 aromatic carbocycles. The summed E-state index contributed by atoms with van der Waals surface area (Å²) in [4.78, 5) is 51.0. The Morgan fingerprint density at radius 2 is 1.44 bits per heavy atom. The highest BCUT2D eigenvalue weighted by atomic mass is 16.3. The van der Waals surface area contributed by atoms with E-state index in [1.54, 1.807) is 24.3 Å². The molecule has 3 rings (SSSR count). The van der Waals surface area contributed by atoms with Crippen LogP contribution >= 0.6 is 0 Å². The molecule has 0 atom stereocenters. The van der Waals surface area contributed by atoms with Crippen LogP contribution < -0.4 is 21.9 Å². The Kier molecular flexibility index (Phi) is 5.39. The number of nitrogens with one attached hydrogen (secondary N) is 4. The zero-order chi connectivity index (χ0) is 19.4. The molecule has 5 N–H and O–H groups in total. The van der Waals surface area contributed by atoms with Crippen LogP contribution in [0.3, 0.4) is 0 Å². The van der Waals surface area contributed by atoms with Crippen molar-refractivity contribution in [3.63, 3.8) is 0 Å². The summed E-state index contributed by atoms with van der Waals surface area (Å²) >= 11 is 0. The van der Waals surface area contributed by atoms with Crippen molar-refractivity contribution in [1.29, 1.82) is 0 Å². The van der Waals surface area contributed by atoms with Crippen LogP contribution in [0.1, 0.15) is 46.5 Å². The standard InChI is InChI=1S/C18H20N4O5/c23-14-13(21-18(27)22-17(14)26)16(25)20-12-8-6-11(7-9-12)19-15(24)10-4-2-1-3-5-10/h1-5,11-12,23H,6-9H2,(H,19,24)(H,20,25)(H2,21,22,26,27)/t11-,12+. The van der Waals surface area contributed by atoms with Crippen LogP contribution in [0.15, 0.2) is 39.9 Å². The molecule has 0 aliphatic heterocycles. The number of amides is 2. The van der Waals surface area contributed by atoms with E-state index in [-0.39, 0.29) is 18.0 Å². The lowest BCUT2D eigenvalue weighted by Gasteiger charge is -2.29. The van der Waals surface area contributed by atoms with Gasteiger partial charge in [-0.25, -0.2) is 4.79 Å². The molecular weight excluding hydrogens is 352 g/mol. The van der Waals surface area contributed by atoms with Crippen LogP contribution in [0.25, 0.3) is 0 Å². The zero-order valence-corrected chi connectivity index (χ0v) is 14.5. The maximum atomic E-state index is 12.2. The SMILES string of the molecule is O=C(N[C@H]1CC[C@@H](NC(=O)c2[nH]c(=O)[nH]c(=O)c2O)CC1)c1ccccc1. The topological polar surface area (TPSA) is 144 Å². The highest BCUT2D eigenvalue weighted by Gasteiger charge is 2.25. The molecular formula is C18H20N4O5. The third-order valence-electron chi connectivity index (χ3n) is 4.58. The summed E-state index contributed by atoms with van der Waals surface area (Å²) in [5, 5.41) is 15.3. The predicted molar refractivity (Wildman–Crippen MR) is 96.8 cm³/mol. The molecule has 1 aliphatic rings. The average molecular weight is 372 g/mol. The Morgan fingerprint density at radius 3 is 2.04 bits per heavy atom. The van der Waals surface area contributed by atoms with Crippen LogP contribution in [0.4, 0.5) is 0 Å². The molecule has 1 fully saturated rings. The highest BCUT2D eigenvalue weighted by Crippen LogP contribution is 2.20. The number of rotatable bonds is 4. The van der Waals surface area contributed by atoms with Crippen molar-refractivity contribution in [3.8, 4) is 5.75 Å². The second kappa shape index (κ2) is 7.90. The lowest BCUT2D eigenvalue weighted by Crippen LogP contribution is -2.44. The molecule has 0 radical (unpaired) electrons. The third kappa shape index (κ3) is 4.43. The maximum Gasteiger partial charge on any atom is 0.326 e. The lowest BCUT2D eigenvalue weighted by molar-refractivity contribution is 0.0887. The van der Waals surface area contributed by atoms with Crippen LogP contribution in [-0.4, -0.2) is 39.0 Å². The summed E-state index contributed by atoms with van der Waals surface area (Å²) in [5.41, 5.74) is -1.74. The van der Waals surface area contributed by atoms with Gasteiger partial charge in [-0.05, 0) is 37.8 Å². The Bertz CT molecular complexity index is 942. The van der Waals surface area contributed by atoms with Gasteiger partial charge in [-0.1, -0.05) is 18.2 Å². The third-order valence-corrected chi connectivity index (χ3v) is 4.58. The van der Waals surface area contributed by atoms with Crippen molar-refractivity contribution in [2.24, 2.45) is 0 Å². The first kappa shape index (κ1) is 18.4. The van der Waals surface area contributed by atoms with E-state index in [2.05, 4.69) is 15.6 Å². The molecule has 142 valence electrons. The van der Waals surface area contributed by atoms with Gasteiger partial charge in [0, 0.05) is 17.6 Å². The molecule has 1 heterocycles. The average Bonchev–Trinajstić information content (AvgIpc) is 2.66.